The van der Waals surface area contributed by atoms with Crippen molar-refractivity contribution < 1.29 is 29.0 Å². The fourth-order valence-corrected chi connectivity index (χ4v) is 2.44. The molecule has 1 nitrogen and oxygen atoms in total. The number of halogens is 3. The predicted molar refractivity (Wildman–Crippen MR) is 73.9 cm³/mol. The van der Waals surface area contributed by atoms with E-state index in [1.54, 1.807) is 0 Å². The molecule has 2 rings (SSSR count). The summed E-state index contributed by atoms with van der Waals surface area (Å²) in [7, 11) is 0. The van der Waals surface area contributed by atoms with Gasteiger partial charge in [0, 0.05) is 19.3 Å². The highest BCUT2D eigenvalue weighted by Crippen LogP contribution is 2.22. The molecule has 0 radical (unpaired) electrons. The second-order valence-electron chi connectivity index (χ2n) is 2.90. The molecular weight excluding hydrogens is 527 g/mol. The summed E-state index contributed by atoms with van der Waals surface area (Å²) in [6.07, 6.45) is 1.97. The molecule has 0 bridgehead atoms. The lowest BCUT2D eigenvalue weighted by atomic mass is 10.1. The predicted octanol–water partition coefficient (Wildman–Crippen LogP) is 0.381. The summed E-state index contributed by atoms with van der Waals surface area (Å²) in [4.78, 5) is 3.26. The monoisotopic (exact) mass is 535 g/mol. The van der Waals surface area contributed by atoms with E-state index in [1.165, 1.54) is 18.4 Å². The lowest BCUT2D eigenvalue weighted by Crippen LogP contribution is -3.00. The Morgan fingerprint density at radius 3 is 2.40 bits per heavy atom. The van der Waals surface area contributed by atoms with Crippen LogP contribution in [0.5, 0.6) is 0 Å². The van der Waals surface area contributed by atoms with Crippen molar-refractivity contribution in [3.63, 3.8) is 0 Å². The van der Waals surface area contributed by atoms with E-state index in [4.69, 9.17) is 0 Å². The highest BCUT2D eigenvalue weighted by molar-refractivity contribution is 14.1. The summed E-state index contributed by atoms with van der Waals surface area (Å²) in [5.41, 5.74) is 2.42. The summed E-state index contributed by atoms with van der Waals surface area (Å²) in [6.45, 7) is 0. The van der Waals surface area contributed by atoms with Crippen molar-refractivity contribution in [2.75, 3.05) is 0 Å². The van der Waals surface area contributed by atoms with Gasteiger partial charge in [0.1, 0.15) is 0 Å². The minimum atomic E-state index is 0. The Bertz CT molecular complexity index is 457. The standard InChI is InChI=1S/C11H7I2N.HI/c12-8-5-6-14-11(7-8)9-3-1-2-4-10(9)13;/h1-7H;1H. The number of pyridine rings is 1. The minimum absolute atomic E-state index is 0. The van der Waals surface area contributed by atoms with Crippen LogP contribution in [0.3, 0.4) is 0 Å². The number of hydrogen-bond acceptors (Lipinski definition) is 0. The molecule has 1 aromatic carbocycles. The van der Waals surface area contributed by atoms with Crippen molar-refractivity contribution >= 4 is 45.2 Å². The Morgan fingerprint density at radius 1 is 1.00 bits per heavy atom. The summed E-state index contributed by atoms with van der Waals surface area (Å²) in [5.74, 6) is 0. The van der Waals surface area contributed by atoms with E-state index in [2.05, 4.69) is 86.6 Å². The molecule has 1 N–H and O–H groups in total. The lowest BCUT2D eigenvalue weighted by Gasteiger charge is -1.98. The van der Waals surface area contributed by atoms with Gasteiger partial charge in [-0.1, -0.05) is 12.1 Å². The number of aromatic nitrogens is 1. The first-order valence-corrected chi connectivity index (χ1v) is 6.35. The SMILES string of the molecule is Ic1cc[nH+]c(-c2ccccc2I)c1.[I-]. The molecule has 0 amide bonds. The molecule has 0 fully saturated rings. The van der Waals surface area contributed by atoms with E-state index < -0.39 is 0 Å². The maximum absolute atomic E-state index is 3.26. The number of H-pyrrole nitrogens is 1. The molecule has 0 saturated carbocycles. The average molecular weight is 535 g/mol. The maximum Gasteiger partial charge on any atom is 0.212 e. The normalized spacial score (nSPS) is 9.47. The summed E-state index contributed by atoms with van der Waals surface area (Å²) < 4.78 is 2.51. The van der Waals surface area contributed by atoms with Crippen LogP contribution < -0.4 is 29.0 Å². The fraction of sp³-hybridized carbons (Fsp3) is 0. The highest BCUT2D eigenvalue weighted by Gasteiger charge is 2.08. The van der Waals surface area contributed by atoms with Crippen molar-refractivity contribution in [2.24, 2.45) is 0 Å². The van der Waals surface area contributed by atoms with Gasteiger partial charge in [0.2, 0.25) is 5.69 Å². The Kier molecular flexibility index (Phi) is 5.75. The quantitative estimate of drug-likeness (QED) is 0.470. The van der Waals surface area contributed by atoms with Crippen LogP contribution in [0.15, 0.2) is 42.6 Å². The molecule has 15 heavy (non-hydrogen) atoms. The third-order valence-electron chi connectivity index (χ3n) is 1.93. The molecule has 0 saturated heterocycles. The van der Waals surface area contributed by atoms with Gasteiger partial charge in [-0.2, -0.15) is 0 Å². The molecule has 0 aliphatic rings. The second-order valence-corrected chi connectivity index (χ2v) is 5.31. The zero-order chi connectivity index (χ0) is 9.97. The van der Waals surface area contributed by atoms with Crippen molar-refractivity contribution in [3.8, 4) is 11.3 Å². The van der Waals surface area contributed by atoms with Crippen LogP contribution in [0.25, 0.3) is 11.3 Å². The van der Waals surface area contributed by atoms with E-state index >= 15 is 0 Å². The molecule has 0 aliphatic carbocycles. The van der Waals surface area contributed by atoms with Crippen molar-refractivity contribution in [1.29, 1.82) is 0 Å². The molecule has 2 aromatic rings. The molecule has 0 unspecified atom stereocenters. The molecule has 1 heterocycles. The van der Waals surface area contributed by atoms with Crippen molar-refractivity contribution in [1.82, 2.24) is 0 Å². The van der Waals surface area contributed by atoms with Crippen LogP contribution in [0.1, 0.15) is 0 Å². The lowest BCUT2D eigenvalue weighted by molar-refractivity contribution is -0.364. The van der Waals surface area contributed by atoms with Gasteiger partial charge in [0.15, 0.2) is 6.20 Å². The number of benzene rings is 1. The molecular formula is C11H8I3N. The van der Waals surface area contributed by atoms with E-state index in [-0.39, 0.29) is 24.0 Å². The third kappa shape index (κ3) is 3.52. The number of nitrogens with one attached hydrogen (secondary N) is 1. The Balaban J connectivity index is 0.00000112. The first-order chi connectivity index (χ1) is 6.77. The van der Waals surface area contributed by atoms with E-state index in [0.29, 0.717) is 0 Å². The Hall–Kier alpha value is 0.560. The fourth-order valence-electron chi connectivity index (χ4n) is 1.27. The second kappa shape index (κ2) is 6.33. The average Bonchev–Trinajstić information content (AvgIpc) is 2.18. The first-order valence-electron chi connectivity index (χ1n) is 4.19. The van der Waals surface area contributed by atoms with Crippen LogP contribution in [0, 0.1) is 7.14 Å². The van der Waals surface area contributed by atoms with Crippen LogP contribution in [0.2, 0.25) is 0 Å². The van der Waals surface area contributed by atoms with Crippen LogP contribution in [-0.4, -0.2) is 0 Å². The molecule has 78 valence electrons. The summed E-state index contributed by atoms with van der Waals surface area (Å²) >= 11 is 4.67. The Labute approximate surface area is 133 Å². The minimum Gasteiger partial charge on any atom is -1.00 e. The third-order valence-corrected chi connectivity index (χ3v) is 3.54. The summed E-state index contributed by atoms with van der Waals surface area (Å²) in [6, 6.07) is 12.6. The van der Waals surface area contributed by atoms with E-state index in [0.717, 1.165) is 0 Å². The zero-order valence-corrected chi connectivity index (χ0v) is 14.1. The number of hydrogen-bond donors (Lipinski definition) is 0. The van der Waals surface area contributed by atoms with Gasteiger partial charge in [0.05, 0.1) is 5.56 Å². The topological polar surface area (TPSA) is 14.1 Å². The van der Waals surface area contributed by atoms with E-state index in [1.807, 2.05) is 6.20 Å². The van der Waals surface area contributed by atoms with Crippen LogP contribution >= 0.6 is 45.2 Å². The zero-order valence-electron chi connectivity index (χ0n) is 7.68. The van der Waals surface area contributed by atoms with Crippen LogP contribution in [-0.2, 0) is 0 Å². The van der Waals surface area contributed by atoms with Crippen molar-refractivity contribution in [3.05, 3.63) is 49.7 Å². The number of rotatable bonds is 1. The number of aromatic amines is 1. The molecule has 0 atom stereocenters. The van der Waals surface area contributed by atoms with Gasteiger partial charge in [-0.05, 0) is 57.3 Å². The highest BCUT2D eigenvalue weighted by atomic mass is 127. The largest absolute Gasteiger partial charge is 1.00 e. The van der Waals surface area contributed by atoms with Gasteiger partial charge < -0.3 is 24.0 Å². The van der Waals surface area contributed by atoms with Gasteiger partial charge in [-0.15, -0.1) is 0 Å². The molecule has 0 spiro atoms. The molecule has 1 aromatic heterocycles. The van der Waals surface area contributed by atoms with Crippen molar-refractivity contribution in [2.45, 2.75) is 0 Å². The smallest absolute Gasteiger partial charge is 0.212 e. The Morgan fingerprint density at radius 2 is 1.73 bits per heavy atom. The van der Waals surface area contributed by atoms with Gasteiger partial charge >= 0.3 is 0 Å². The van der Waals surface area contributed by atoms with Crippen LogP contribution in [0.4, 0.5) is 0 Å². The first kappa shape index (κ1) is 13.6. The molecule has 4 heteroatoms. The van der Waals surface area contributed by atoms with Gasteiger partial charge in [-0.3, -0.25) is 0 Å². The van der Waals surface area contributed by atoms with Gasteiger partial charge in [-0.25, -0.2) is 4.98 Å². The van der Waals surface area contributed by atoms with Gasteiger partial charge in [0.25, 0.3) is 0 Å². The maximum atomic E-state index is 3.26. The summed E-state index contributed by atoms with van der Waals surface area (Å²) in [5, 5.41) is 0. The molecule has 0 aliphatic heterocycles. The van der Waals surface area contributed by atoms with E-state index in [9.17, 15) is 0 Å².